The normalized spacial score (nSPS) is 17.8. The van der Waals surface area contributed by atoms with Crippen LogP contribution < -0.4 is 0 Å². The van der Waals surface area contributed by atoms with E-state index in [9.17, 15) is 4.79 Å². The Morgan fingerprint density at radius 1 is 0.862 bits per heavy atom. The minimum absolute atomic E-state index is 0.0441. The third-order valence-electron chi connectivity index (χ3n) is 4.37. The average Bonchev–Trinajstić information content (AvgIpc) is 3.19. The fourth-order valence-corrected chi connectivity index (χ4v) is 2.87. The molecule has 1 fully saturated rings. The predicted molar refractivity (Wildman–Crippen MR) is 112 cm³/mol. The van der Waals surface area contributed by atoms with Gasteiger partial charge >= 0.3 is 5.97 Å². The Labute approximate surface area is 172 Å². The zero-order valence-corrected chi connectivity index (χ0v) is 16.6. The van der Waals surface area contributed by atoms with Crippen LogP contribution in [0.2, 0.25) is 0 Å². The van der Waals surface area contributed by atoms with Crippen LogP contribution in [0.25, 0.3) is 0 Å². The standard InChI is InChI=1S/C14H12O2.C11H14O2/c15-14(13-9-5-2-6-10-13)16-11-12-7-3-1-4-8-12;1-9-8-12-11(13-9)7-10-5-3-2-4-6-10/h1-10H,11H2;2-6,9,11H,7-8H2,1H3. The molecule has 4 heteroatoms. The van der Waals surface area contributed by atoms with Crippen LogP contribution in [-0.2, 0) is 27.2 Å². The van der Waals surface area contributed by atoms with Gasteiger partial charge in [-0.25, -0.2) is 4.79 Å². The summed E-state index contributed by atoms with van der Waals surface area (Å²) in [7, 11) is 0. The highest BCUT2D eigenvalue weighted by Crippen LogP contribution is 2.15. The zero-order chi connectivity index (χ0) is 20.3. The molecule has 2 unspecified atom stereocenters. The van der Waals surface area contributed by atoms with Crippen molar-refractivity contribution in [3.8, 4) is 0 Å². The van der Waals surface area contributed by atoms with E-state index >= 15 is 0 Å². The number of carbonyl (C=O) groups excluding carboxylic acids is 1. The summed E-state index contributed by atoms with van der Waals surface area (Å²) in [6, 6.07) is 28.9. The summed E-state index contributed by atoms with van der Waals surface area (Å²) in [6.45, 7) is 3.07. The van der Waals surface area contributed by atoms with Crippen molar-refractivity contribution in [3.05, 3.63) is 108 Å². The SMILES string of the molecule is CC1COC(Cc2ccccc2)O1.O=C(OCc1ccccc1)c1ccccc1. The smallest absolute Gasteiger partial charge is 0.338 e. The molecular weight excluding hydrogens is 364 g/mol. The van der Waals surface area contributed by atoms with E-state index in [0.29, 0.717) is 12.2 Å². The second kappa shape index (κ2) is 11.1. The van der Waals surface area contributed by atoms with Crippen molar-refractivity contribution < 1.29 is 19.0 Å². The fourth-order valence-electron chi connectivity index (χ4n) is 2.87. The van der Waals surface area contributed by atoms with Gasteiger partial charge in [0.25, 0.3) is 0 Å². The Morgan fingerprint density at radius 3 is 1.97 bits per heavy atom. The summed E-state index contributed by atoms with van der Waals surface area (Å²) in [5, 5.41) is 0. The molecule has 0 aliphatic carbocycles. The van der Waals surface area contributed by atoms with Gasteiger partial charge in [-0.2, -0.15) is 0 Å². The van der Waals surface area contributed by atoms with E-state index < -0.39 is 0 Å². The third kappa shape index (κ3) is 7.18. The highest BCUT2D eigenvalue weighted by Gasteiger charge is 2.22. The minimum atomic E-state index is -0.288. The number of ether oxygens (including phenoxy) is 3. The number of benzene rings is 3. The van der Waals surface area contributed by atoms with E-state index in [1.807, 2.05) is 73.7 Å². The van der Waals surface area contributed by atoms with Crippen LogP contribution in [0.3, 0.4) is 0 Å². The number of hydrogen-bond donors (Lipinski definition) is 0. The third-order valence-corrected chi connectivity index (χ3v) is 4.37. The van der Waals surface area contributed by atoms with Crippen LogP contribution in [0.5, 0.6) is 0 Å². The summed E-state index contributed by atoms with van der Waals surface area (Å²) in [4.78, 5) is 11.6. The molecule has 0 saturated carbocycles. The lowest BCUT2D eigenvalue weighted by Crippen LogP contribution is -2.12. The molecule has 3 aromatic carbocycles. The van der Waals surface area contributed by atoms with Crippen LogP contribution in [0.1, 0.15) is 28.4 Å². The molecule has 4 rings (SSSR count). The molecule has 0 N–H and O–H groups in total. The lowest BCUT2D eigenvalue weighted by Gasteiger charge is -2.09. The van der Waals surface area contributed by atoms with Crippen LogP contribution >= 0.6 is 0 Å². The first-order chi connectivity index (χ1) is 14.2. The maximum Gasteiger partial charge on any atom is 0.338 e. The molecule has 150 valence electrons. The van der Waals surface area contributed by atoms with Crippen LogP contribution in [0.15, 0.2) is 91.0 Å². The van der Waals surface area contributed by atoms with E-state index in [1.54, 1.807) is 12.1 Å². The maximum atomic E-state index is 11.6. The highest BCUT2D eigenvalue weighted by atomic mass is 16.7. The van der Waals surface area contributed by atoms with Gasteiger partial charge < -0.3 is 14.2 Å². The molecule has 2 atom stereocenters. The minimum Gasteiger partial charge on any atom is -0.457 e. The molecule has 4 nitrogen and oxygen atoms in total. The van der Waals surface area contributed by atoms with Gasteiger partial charge in [0.1, 0.15) is 6.61 Å². The predicted octanol–water partition coefficient (Wildman–Crippen LogP) is 5.03. The summed E-state index contributed by atoms with van der Waals surface area (Å²) in [5.74, 6) is -0.288. The lowest BCUT2D eigenvalue weighted by molar-refractivity contribution is -0.0528. The average molecular weight is 390 g/mol. The molecule has 29 heavy (non-hydrogen) atoms. The first-order valence-electron chi connectivity index (χ1n) is 9.78. The largest absolute Gasteiger partial charge is 0.457 e. The van der Waals surface area contributed by atoms with Gasteiger partial charge in [-0.05, 0) is 30.2 Å². The van der Waals surface area contributed by atoms with Gasteiger partial charge in [0, 0.05) is 6.42 Å². The van der Waals surface area contributed by atoms with Crippen LogP contribution in [-0.4, -0.2) is 25.0 Å². The molecule has 1 aliphatic heterocycles. The summed E-state index contributed by atoms with van der Waals surface area (Å²) >= 11 is 0. The highest BCUT2D eigenvalue weighted by molar-refractivity contribution is 5.89. The van der Waals surface area contributed by atoms with Crippen molar-refractivity contribution in [2.45, 2.75) is 32.3 Å². The van der Waals surface area contributed by atoms with E-state index in [1.165, 1.54) is 5.56 Å². The van der Waals surface area contributed by atoms with E-state index in [4.69, 9.17) is 14.2 Å². The lowest BCUT2D eigenvalue weighted by atomic mass is 10.1. The van der Waals surface area contributed by atoms with Gasteiger partial charge in [-0.15, -0.1) is 0 Å². The van der Waals surface area contributed by atoms with Crippen molar-refractivity contribution in [1.29, 1.82) is 0 Å². The molecule has 3 aromatic rings. The van der Waals surface area contributed by atoms with E-state index in [0.717, 1.165) is 18.6 Å². The Hall–Kier alpha value is -2.95. The topological polar surface area (TPSA) is 44.8 Å². The van der Waals surface area contributed by atoms with Gasteiger partial charge in [-0.3, -0.25) is 0 Å². The van der Waals surface area contributed by atoms with Crippen molar-refractivity contribution in [2.24, 2.45) is 0 Å². The van der Waals surface area contributed by atoms with Gasteiger partial charge in [-0.1, -0.05) is 78.9 Å². The monoisotopic (exact) mass is 390 g/mol. The summed E-state index contributed by atoms with van der Waals surface area (Å²) in [5.41, 5.74) is 2.84. The van der Waals surface area contributed by atoms with E-state index in [2.05, 4.69) is 12.1 Å². The Morgan fingerprint density at radius 2 is 1.41 bits per heavy atom. The second-order valence-electron chi connectivity index (χ2n) is 6.83. The fraction of sp³-hybridized carbons (Fsp3) is 0.240. The van der Waals surface area contributed by atoms with E-state index in [-0.39, 0.29) is 18.4 Å². The van der Waals surface area contributed by atoms with Gasteiger partial charge in [0.2, 0.25) is 0 Å². The molecular formula is C25H26O4. The van der Waals surface area contributed by atoms with Crippen molar-refractivity contribution >= 4 is 5.97 Å². The van der Waals surface area contributed by atoms with Crippen LogP contribution in [0.4, 0.5) is 0 Å². The molecule has 1 saturated heterocycles. The molecule has 1 heterocycles. The first-order valence-corrected chi connectivity index (χ1v) is 9.78. The maximum absolute atomic E-state index is 11.6. The number of hydrogen-bond acceptors (Lipinski definition) is 4. The number of rotatable bonds is 5. The first kappa shape index (κ1) is 20.8. The van der Waals surface area contributed by atoms with Crippen molar-refractivity contribution in [3.63, 3.8) is 0 Å². The molecule has 0 spiro atoms. The molecule has 1 aliphatic rings. The summed E-state index contributed by atoms with van der Waals surface area (Å²) in [6.07, 6.45) is 1.05. The molecule has 0 bridgehead atoms. The summed E-state index contributed by atoms with van der Waals surface area (Å²) < 4.78 is 16.2. The van der Waals surface area contributed by atoms with Gasteiger partial charge in [0.15, 0.2) is 6.29 Å². The quantitative estimate of drug-likeness (QED) is 0.573. The Bertz CT molecular complexity index is 850. The Kier molecular flexibility index (Phi) is 7.99. The van der Waals surface area contributed by atoms with Crippen molar-refractivity contribution in [1.82, 2.24) is 0 Å². The number of esters is 1. The van der Waals surface area contributed by atoms with Crippen molar-refractivity contribution in [2.75, 3.05) is 6.61 Å². The second-order valence-corrected chi connectivity index (χ2v) is 6.83. The molecule has 0 aromatic heterocycles. The molecule has 0 radical (unpaired) electrons. The Balaban J connectivity index is 0.000000169. The van der Waals surface area contributed by atoms with Crippen LogP contribution in [0, 0.1) is 0 Å². The number of carbonyl (C=O) groups is 1. The molecule has 0 amide bonds. The van der Waals surface area contributed by atoms with Gasteiger partial charge in [0.05, 0.1) is 18.3 Å². The zero-order valence-electron chi connectivity index (χ0n) is 16.6.